The molecule has 1 aliphatic heterocycles. The molecule has 0 spiro atoms. The van der Waals surface area contributed by atoms with Crippen molar-refractivity contribution in [1.82, 2.24) is 9.78 Å². The molecule has 1 saturated heterocycles. The van der Waals surface area contributed by atoms with E-state index in [1.807, 2.05) is 12.1 Å². The monoisotopic (exact) mass is 441 g/mol. The second-order valence-corrected chi connectivity index (χ2v) is 10.5. The van der Waals surface area contributed by atoms with Gasteiger partial charge >= 0.3 is 0 Å². The number of carbonyl (C=O) groups is 1. The second-order valence-electron chi connectivity index (χ2n) is 10.1. The van der Waals surface area contributed by atoms with Gasteiger partial charge in [-0.05, 0) is 44.5 Å². The molecule has 3 N–H and O–H groups in total. The Labute approximate surface area is 188 Å². The van der Waals surface area contributed by atoms with Gasteiger partial charge in [-0.3, -0.25) is 9.48 Å². The molecule has 2 heterocycles. The molecule has 3 atom stereocenters. The highest BCUT2D eigenvalue weighted by molar-refractivity contribution is 6.30. The Bertz CT molecular complexity index is 1010. The largest absolute Gasteiger partial charge is 0.365 e. The number of anilines is 2. The zero-order chi connectivity index (χ0) is 22.4. The van der Waals surface area contributed by atoms with Gasteiger partial charge in [-0.1, -0.05) is 11.6 Å². The Morgan fingerprint density at radius 1 is 1.32 bits per heavy atom. The summed E-state index contributed by atoms with van der Waals surface area (Å²) in [5, 5.41) is 18.3. The van der Waals surface area contributed by atoms with Crippen molar-refractivity contribution in [3.63, 3.8) is 0 Å². The van der Waals surface area contributed by atoms with Crippen LogP contribution in [0.4, 0.5) is 11.5 Å². The van der Waals surface area contributed by atoms with Gasteiger partial charge in [0.1, 0.15) is 5.56 Å². The van der Waals surface area contributed by atoms with Gasteiger partial charge in [-0.15, -0.1) is 0 Å². The van der Waals surface area contributed by atoms with Gasteiger partial charge in [0, 0.05) is 29.7 Å². The number of halogens is 1. The first kappa shape index (κ1) is 21.7. The highest BCUT2D eigenvalue weighted by atomic mass is 35.5. The van der Waals surface area contributed by atoms with Gasteiger partial charge in [0.25, 0.3) is 5.91 Å². The average molecular weight is 442 g/mol. The van der Waals surface area contributed by atoms with Crippen LogP contribution < -0.4 is 11.1 Å². The van der Waals surface area contributed by atoms with Crippen LogP contribution in [0.5, 0.6) is 0 Å². The first-order valence-electron chi connectivity index (χ1n) is 10.8. The highest BCUT2D eigenvalue weighted by Crippen LogP contribution is 2.44. The number of quaternary nitrogens is 1. The Hall–Kier alpha value is -2.56. The van der Waals surface area contributed by atoms with Crippen LogP contribution in [0.15, 0.2) is 30.5 Å². The van der Waals surface area contributed by atoms with Crippen LogP contribution in [-0.4, -0.2) is 46.3 Å². The number of aromatic nitrogens is 2. The van der Waals surface area contributed by atoms with Crippen molar-refractivity contribution in [3.8, 4) is 6.07 Å². The number of benzene rings is 1. The summed E-state index contributed by atoms with van der Waals surface area (Å²) in [7, 11) is 2.32. The molecule has 1 aromatic carbocycles. The number of nitrogens with two attached hydrogens (primary N) is 1. The maximum absolute atomic E-state index is 12.0. The molecule has 0 bridgehead atoms. The molecule has 7 nitrogen and oxygen atoms in total. The SMILES string of the molecule is CC1(C)C[N+](C)(C2CCC(n3cc(C(N)=O)c(Nc4ccc(Cl)cc4)n3)C(C#N)C2)C1. The lowest BCUT2D eigenvalue weighted by Crippen LogP contribution is -2.70. The number of likely N-dealkylation sites (tertiary alicyclic amines) is 1. The molecule has 164 valence electrons. The number of carbonyl (C=O) groups excluding carboxylic acids is 1. The van der Waals surface area contributed by atoms with E-state index in [-0.39, 0.29) is 12.0 Å². The van der Waals surface area contributed by atoms with E-state index in [0.29, 0.717) is 27.9 Å². The summed E-state index contributed by atoms with van der Waals surface area (Å²) in [5.74, 6) is -0.302. The minimum Gasteiger partial charge on any atom is -0.365 e. The van der Waals surface area contributed by atoms with Gasteiger partial charge in [0.15, 0.2) is 5.82 Å². The van der Waals surface area contributed by atoms with Crippen LogP contribution in [-0.2, 0) is 0 Å². The maximum atomic E-state index is 12.0. The fraction of sp³-hybridized carbons (Fsp3) is 0.522. The van der Waals surface area contributed by atoms with E-state index in [9.17, 15) is 10.1 Å². The van der Waals surface area contributed by atoms with Gasteiger partial charge < -0.3 is 15.5 Å². The summed E-state index contributed by atoms with van der Waals surface area (Å²) in [6.45, 7) is 6.93. The van der Waals surface area contributed by atoms with Crippen LogP contribution in [0, 0.1) is 22.7 Å². The molecule has 31 heavy (non-hydrogen) atoms. The number of rotatable bonds is 5. The molecular weight excluding hydrogens is 412 g/mol. The van der Waals surface area contributed by atoms with Crippen LogP contribution in [0.2, 0.25) is 5.02 Å². The van der Waals surface area contributed by atoms with E-state index in [0.717, 1.165) is 42.5 Å². The molecule has 0 radical (unpaired) electrons. The van der Waals surface area contributed by atoms with Crippen molar-refractivity contribution in [3.05, 3.63) is 41.0 Å². The van der Waals surface area contributed by atoms with Crippen LogP contribution in [0.3, 0.4) is 0 Å². The number of amides is 1. The number of nitrogens with one attached hydrogen (secondary N) is 1. The summed E-state index contributed by atoms with van der Waals surface area (Å²) in [6, 6.07) is 10.1. The molecule has 3 unspecified atom stereocenters. The summed E-state index contributed by atoms with van der Waals surface area (Å²) < 4.78 is 2.81. The zero-order valence-electron chi connectivity index (χ0n) is 18.3. The average Bonchev–Trinajstić information content (AvgIpc) is 3.11. The van der Waals surface area contributed by atoms with Crippen molar-refractivity contribution in [2.45, 2.75) is 45.2 Å². The molecule has 1 amide bonds. The van der Waals surface area contributed by atoms with Gasteiger partial charge in [0.2, 0.25) is 0 Å². The Morgan fingerprint density at radius 3 is 2.58 bits per heavy atom. The van der Waals surface area contributed by atoms with E-state index in [2.05, 4.69) is 37.4 Å². The van der Waals surface area contributed by atoms with Gasteiger partial charge in [-0.25, -0.2) is 0 Å². The first-order chi connectivity index (χ1) is 14.6. The molecule has 2 aromatic rings. The van der Waals surface area contributed by atoms with Crippen LogP contribution >= 0.6 is 11.6 Å². The Kier molecular flexibility index (Phi) is 5.48. The molecule has 2 fully saturated rings. The number of hydrogen-bond acceptors (Lipinski definition) is 4. The Balaban J connectivity index is 1.54. The summed E-state index contributed by atoms with van der Waals surface area (Å²) in [5.41, 5.74) is 7.07. The van der Waals surface area contributed by atoms with Gasteiger partial charge in [-0.2, -0.15) is 10.4 Å². The molecule has 2 aliphatic rings. The molecule has 1 saturated carbocycles. The third-order valence-corrected chi connectivity index (χ3v) is 7.11. The van der Waals surface area contributed by atoms with Crippen molar-refractivity contribution in [1.29, 1.82) is 5.26 Å². The number of nitrogens with zero attached hydrogens (tertiary/aromatic N) is 4. The van der Waals surface area contributed by atoms with Crippen molar-refractivity contribution in [2.75, 3.05) is 25.5 Å². The van der Waals surface area contributed by atoms with Crippen molar-refractivity contribution in [2.24, 2.45) is 17.1 Å². The molecule has 8 heteroatoms. The van der Waals surface area contributed by atoms with Crippen LogP contribution in [0.1, 0.15) is 49.5 Å². The number of nitriles is 1. The summed E-state index contributed by atoms with van der Waals surface area (Å²) >= 11 is 5.95. The van der Waals surface area contributed by atoms with Crippen LogP contribution in [0.25, 0.3) is 0 Å². The molecule has 4 rings (SSSR count). The quantitative estimate of drug-likeness (QED) is 0.682. The van der Waals surface area contributed by atoms with E-state index in [1.54, 1.807) is 23.0 Å². The predicted molar refractivity (Wildman–Crippen MR) is 121 cm³/mol. The summed E-state index contributed by atoms with van der Waals surface area (Å²) in [6.07, 6.45) is 4.43. The standard InChI is InChI=1S/C23H29ClN6O/c1-23(2)13-30(3,14-23)18-8-9-20(15(10-18)11-25)29-12-19(21(26)31)22(28-29)27-17-6-4-16(24)5-7-17/h4-7,12,15,18,20H,8-10,13-14H2,1-3H3,(H2-,26,27,28,31)/p+1. The lowest BCUT2D eigenvalue weighted by molar-refractivity contribution is -0.988. The minimum atomic E-state index is -0.550. The lowest BCUT2D eigenvalue weighted by Gasteiger charge is -2.58. The molecular formula is C23H30ClN6O+. The topological polar surface area (TPSA) is 96.7 Å². The lowest BCUT2D eigenvalue weighted by atomic mass is 9.74. The fourth-order valence-corrected chi connectivity index (χ4v) is 5.95. The van der Waals surface area contributed by atoms with E-state index < -0.39 is 5.91 Å². The second kappa shape index (κ2) is 7.85. The third kappa shape index (κ3) is 4.28. The number of primary amides is 1. The van der Waals surface area contributed by atoms with Gasteiger partial charge in [0.05, 0.1) is 49.6 Å². The first-order valence-corrected chi connectivity index (χ1v) is 11.1. The van der Waals surface area contributed by atoms with E-state index in [1.165, 1.54) is 0 Å². The van der Waals surface area contributed by atoms with E-state index in [4.69, 9.17) is 17.3 Å². The Morgan fingerprint density at radius 2 is 2.00 bits per heavy atom. The maximum Gasteiger partial charge on any atom is 0.254 e. The van der Waals surface area contributed by atoms with E-state index >= 15 is 0 Å². The number of hydrogen-bond donors (Lipinski definition) is 2. The smallest absolute Gasteiger partial charge is 0.254 e. The normalized spacial score (nSPS) is 26.5. The minimum absolute atomic E-state index is 0.0685. The summed E-state index contributed by atoms with van der Waals surface area (Å²) in [4.78, 5) is 12.0. The molecule has 1 aliphatic carbocycles. The molecule has 1 aromatic heterocycles. The fourth-order valence-electron chi connectivity index (χ4n) is 5.83. The van der Waals surface area contributed by atoms with Crippen molar-refractivity contribution < 1.29 is 9.28 Å². The van der Waals surface area contributed by atoms with Crippen molar-refractivity contribution >= 4 is 29.0 Å². The third-order valence-electron chi connectivity index (χ3n) is 6.86. The zero-order valence-corrected chi connectivity index (χ0v) is 19.1. The predicted octanol–water partition coefficient (Wildman–Crippen LogP) is 4.10. The highest BCUT2D eigenvalue weighted by Gasteiger charge is 2.53.